The Hall–Kier alpha value is -1.07. The highest BCUT2D eigenvalue weighted by Gasteiger charge is 2.32. The molecule has 0 unspecified atom stereocenters. The van der Waals surface area contributed by atoms with Gasteiger partial charge in [-0.3, -0.25) is 0 Å². The molecule has 0 bridgehead atoms. The minimum absolute atomic E-state index is 0.0969. The Bertz CT molecular complexity index is 349. The van der Waals surface area contributed by atoms with Gasteiger partial charge in [0.1, 0.15) is 0 Å². The second-order valence-corrected chi connectivity index (χ2v) is 3.32. The first kappa shape index (κ1) is 12.0. The van der Waals surface area contributed by atoms with Gasteiger partial charge in [0.15, 0.2) is 0 Å². The second-order valence-electron chi connectivity index (χ2n) is 3.32. The summed E-state index contributed by atoms with van der Waals surface area (Å²) in [5.41, 5.74) is 4.77. The van der Waals surface area contributed by atoms with E-state index in [1.54, 1.807) is 0 Å². The van der Waals surface area contributed by atoms with Crippen LogP contribution in [0.1, 0.15) is 22.8 Å². The van der Waals surface area contributed by atoms with E-state index < -0.39 is 17.8 Å². The van der Waals surface area contributed by atoms with Crippen molar-refractivity contribution >= 4 is 0 Å². The molecule has 5 heteroatoms. The number of nitrogens with two attached hydrogens (primary N) is 1. The van der Waals surface area contributed by atoms with Gasteiger partial charge in [0.2, 0.25) is 0 Å². The van der Waals surface area contributed by atoms with Gasteiger partial charge in [-0.2, -0.15) is 13.2 Å². The Morgan fingerprint density at radius 2 is 2.00 bits per heavy atom. The minimum Gasteiger partial charge on any atom is -0.387 e. The lowest BCUT2D eigenvalue weighted by Gasteiger charge is -2.14. The summed E-state index contributed by atoms with van der Waals surface area (Å²) < 4.78 is 37.4. The van der Waals surface area contributed by atoms with Crippen LogP contribution in [0.3, 0.4) is 0 Å². The van der Waals surface area contributed by atoms with Crippen LogP contribution in [0.15, 0.2) is 18.2 Å². The van der Waals surface area contributed by atoms with Gasteiger partial charge in [0.05, 0.1) is 11.7 Å². The molecule has 0 radical (unpaired) electrons. The maximum atomic E-state index is 12.5. The van der Waals surface area contributed by atoms with Crippen molar-refractivity contribution in [3.63, 3.8) is 0 Å². The molecule has 0 aromatic heterocycles. The largest absolute Gasteiger partial charge is 0.416 e. The third-order valence-corrected chi connectivity index (χ3v) is 2.18. The fourth-order valence-corrected chi connectivity index (χ4v) is 1.29. The maximum absolute atomic E-state index is 12.5. The summed E-state index contributed by atoms with van der Waals surface area (Å²) in [5, 5.41) is 9.32. The molecule has 1 aromatic rings. The zero-order valence-electron chi connectivity index (χ0n) is 8.17. The molecule has 1 aromatic carbocycles. The molecule has 1 rings (SSSR count). The van der Waals surface area contributed by atoms with Crippen LogP contribution in [0.25, 0.3) is 0 Å². The van der Waals surface area contributed by atoms with Crippen LogP contribution >= 0.6 is 0 Å². The van der Waals surface area contributed by atoms with E-state index in [0.717, 1.165) is 6.07 Å². The zero-order valence-corrected chi connectivity index (χ0v) is 8.17. The van der Waals surface area contributed by atoms with Crippen molar-refractivity contribution in [2.45, 2.75) is 19.2 Å². The molecule has 1 atom stereocenters. The molecule has 0 amide bonds. The molecule has 0 aliphatic heterocycles. The normalized spacial score (nSPS) is 14.0. The smallest absolute Gasteiger partial charge is 0.387 e. The predicted molar refractivity (Wildman–Crippen MR) is 50.2 cm³/mol. The van der Waals surface area contributed by atoms with Gasteiger partial charge in [0.25, 0.3) is 0 Å². The third-order valence-electron chi connectivity index (χ3n) is 2.18. The molecule has 0 aliphatic rings. The molecule has 0 fully saturated rings. The predicted octanol–water partition coefficient (Wildman–Crippen LogP) is 2.01. The SMILES string of the molecule is Cc1ccc([C@H](O)CN)cc1C(F)(F)F. The van der Waals surface area contributed by atoms with Crippen LogP contribution in [-0.4, -0.2) is 11.7 Å². The molecule has 15 heavy (non-hydrogen) atoms. The van der Waals surface area contributed by atoms with E-state index in [1.165, 1.54) is 19.1 Å². The first-order valence-electron chi connectivity index (χ1n) is 4.42. The zero-order chi connectivity index (χ0) is 11.6. The van der Waals surface area contributed by atoms with E-state index in [4.69, 9.17) is 5.73 Å². The van der Waals surface area contributed by atoms with Crippen molar-refractivity contribution in [2.24, 2.45) is 5.73 Å². The van der Waals surface area contributed by atoms with Gasteiger partial charge < -0.3 is 10.8 Å². The third kappa shape index (κ3) is 2.70. The van der Waals surface area contributed by atoms with Crippen LogP contribution in [0.4, 0.5) is 13.2 Å². The van der Waals surface area contributed by atoms with Gasteiger partial charge in [-0.05, 0) is 24.1 Å². The molecule has 0 saturated heterocycles. The van der Waals surface area contributed by atoms with Gasteiger partial charge in [-0.25, -0.2) is 0 Å². The van der Waals surface area contributed by atoms with E-state index in [0.29, 0.717) is 0 Å². The van der Waals surface area contributed by atoms with Crippen molar-refractivity contribution < 1.29 is 18.3 Å². The summed E-state index contributed by atoms with van der Waals surface area (Å²) in [6.45, 7) is 1.28. The maximum Gasteiger partial charge on any atom is 0.416 e. The number of aryl methyl sites for hydroxylation is 1. The van der Waals surface area contributed by atoms with Gasteiger partial charge in [-0.15, -0.1) is 0 Å². The number of alkyl halides is 3. The number of aliphatic hydroxyl groups excluding tert-OH is 1. The summed E-state index contributed by atoms with van der Waals surface area (Å²) in [6.07, 6.45) is -5.44. The molecule has 3 N–H and O–H groups in total. The molecule has 84 valence electrons. The number of rotatable bonds is 2. The molecular weight excluding hydrogens is 207 g/mol. The quantitative estimate of drug-likeness (QED) is 0.799. The lowest BCUT2D eigenvalue weighted by atomic mass is 10.0. The van der Waals surface area contributed by atoms with Crippen molar-refractivity contribution in [1.82, 2.24) is 0 Å². The van der Waals surface area contributed by atoms with Crippen molar-refractivity contribution in [1.29, 1.82) is 0 Å². The summed E-state index contributed by atoms with van der Waals surface area (Å²) in [4.78, 5) is 0. The highest BCUT2D eigenvalue weighted by Crippen LogP contribution is 2.33. The highest BCUT2D eigenvalue weighted by atomic mass is 19.4. The van der Waals surface area contributed by atoms with E-state index in [2.05, 4.69) is 0 Å². The first-order chi connectivity index (χ1) is 6.86. The van der Waals surface area contributed by atoms with E-state index in [-0.39, 0.29) is 17.7 Å². The first-order valence-corrected chi connectivity index (χ1v) is 4.42. The Labute approximate surface area is 85.5 Å². The van der Waals surface area contributed by atoms with Crippen LogP contribution in [0.5, 0.6) is 0 Å². The summed E-state index contributed by atoms with van der Waals surface area (Å²) in [6, 6.07) is 3.71. The van der Waals surface area contributed by atoms with Gasteiger partial charge in [0, 0.05) is 6.54 Å². The van der Waals surface area contributed by atoms with Crippen molar-refractivity contribution in [2.75, 3.05) is 6.54 Å². The van der Waals surface area contributed by atoms with Crippen LogP contribution in [0.2, 0.25) is 0 Å². The standard InChI is InChI=1S/C10H12F3NO/c1-6-2-3-7(9(15)5-14)4-8(6)10(11,12)13/h2-4,9,15H,5,14H2,1H3/t9-/m1/s1. The molecule has 0 spiro atoms. The summed E-state index contributed by atoms with van der Waals surface area (Å²) in [7, 11) is 0. The molecule has 2 nitrogen and oxygen atoms in total. The van der Waals surface area contributed by atoms with Crippen LogP contribution < -0.4 is 5.73 Å². The minimum atomic E-state index is -4.39. The fourth-order valence-electron chi connectivity index (χ4n) is 1.29. The topological polar surface area (TPSA) is 46.2 Å². The van der Waals surface area contributed by atoms with Crippen LogP contribution in [-0.2, 0) is 6.18 Å². The Morgan fingerprint density at radius 3 is 2.47 bits per heavy atom. The van der Waals surface area contributed by atoms with Crippen LogP contribution in [0, 0.1) is 6.92 Å². The van der Waals surface area contributed by atoms with E-state index in [9.17, 15) is 18.3 Å². The van der Waals surface area contributed by atoms with Crippen molar-refractivity contribution in [3.05, 3.63) is 34.9 Å². The molecule has 0 aliphatic carbocycles. The Kier molecular flexibility index (Phi) is 3.36. The lowest BCUT2D eigenvalue weighted by molar-refractivity contribution is -0.138. The van der Waals surface area contributed by atoms with E-state index >= 15 is 0 Å². The summed E-state index contributed by atoms with van der Waals surface area (Å²) in [5.74, 6) is 0. The summed E-state index contributed by atoms with van der Waals surface area (Å²) >= 11 is 0. The average Bonchev–Trinajstić information content (AvgIpc) is 2.15. The van der Waals surface area contributed by atoms with Gasteiger partial charge in [-0.1, -0.05) is 12.1 Å². The molecular formula is C10H12F3NO. The monoisotopic (exact) mass is 219 g/mol. The Balaban J connectivity index is 3.17. The number of aliphatic hydroxyl groups is 1. The molecule has 0 saturated carbocycles. The highest BCUT2D eigenvalue weighted by molar-refractivity contribution is 5.34. The molecule has 0 heterocycles. The fraction of sp³-hybridized carbons (Fsp3) is 0.400. The van der Waals surface area contributed by atoms with Crippen molar-refractivity contribution in [3.8, 4) is 0 Å². The average molecular weight is 219 g/mol. The van der Waals surface area contributed by atoms with Gasteiger partial charge >= 0.3 is 6.18 Å². The second kappa shape index (κ2) is 4.20. The van der Waals surface area contributed by atoms with E-state index in [1.807, 2.05) is 0 Å². The number of hydrogen-bond donors (Lipinski definition) is 2. The number of benzene rings is 1. The number of halogens is 3. The lowest BCUT2D eigenvalue weighted by Crippen LogP contribution is -2.14. The Morgan fingerprint density at radius 1 is 1.40 bits per heavy atom. The number of hydrogen-bond acceptors (Lipinski definition) is 2.